The van der Waals surface area contributed by atoms with Gasteiger partial charge in [-0.05, 0) is 13.0 Å². The summed E-state index contributed by atoms with van der Waals surface area (Å²) in [6.07, 6.45) is 3.91. The number of rotatable bonds is 7. The van der Waals surface area contributed by atoms with E-state index in [0.717, 1.165) is 13.0 Å². The smallest absolute Gasteiger partial charge is 0.273 e. The third-order valence-corrected chi connectivity index (χ3v) is 2.84. The molecule has 122 valence electrons. The number of hydrogen-bond acceptors (Lipinski definition) is 5. The number of carbonyl (C=O) groups excluding carboxylic acids is 2. The largest absolute Gasteiger partial charge is 0.349 e. The van der Waals surface area contributed by atoms with E-state index in [0.29, 0.717) is 13.1 Å². The number of hydrogen-bond donors (Lipinski definition) is 3. The Morgan fingerprint density at radius 1 is 1.09 bits per heavy atom. The zero-order chi connectivity index (χ0) is 16.6. The molecule has 7 heteroatoms. The summed E-state index contributed by atoms with van der Waals surface area (Å²) in [5.74, 6) is -0.385. The Bertz CT molecular complexity index is 511. The van der Waals surface area contributed by atoms with Gasteiger partial charge in [0.15, 0.2) is 11.5 Å². The standard InChI is InChI=1S/C15H25N5O2/c1-5-6-16-7-8-19-13(21)11-12(18-10-9-17-11)20-14(22)15(2,3)4/h9-10,16H,5-8H2,1-4H3,(H,19,21)(H,18,20,22). The second kappa shape index (κ2) is 8.43. The molecule has 1 aromatic heterocycles. The van der Waals surface area contributed by atoms with Crippen LogP contribution >= 0.6 is 0 Å². The topological polar surface area (TPSA) is 96.0 Å². The van der Waals surface area contributed by atoms with E-state index in [9.17, 15) is 9.59 Å². The van der Waals surface area contributed by atoms with Crippen molar-refractivity contribution in [2.45, 2.75) is 34.1 Å². The van der Waals surface area contributed by atoms with Gasteiger partial charge in [-0.3, -0.25) is 9.59 Å². The number of amides is 2. The van der Waals surface area contributed by atoms with Gasteiger partial charge in [0.2, 0.25) is 5.91 Å². The molecule has 0 unspecified atom stereocenters. The summed E-state index contributed by atoms with van der Waals surface area (Å²) in [4.78, 5) is 32.2. The molecule has 0 saturated carbocycles. The van der Waals surface area contributed by atoms with E-state index in [1.165, 1.54) is 12.4 Å². The van der Waals surface area contributed by atoms with Crippen LogP contribution in [0.2, 0.25) is 0 Å². The van der Waals surface area contributed by atoms with Gasteiger partial charge in [0.05, 0.1) is 0 Å². The van der Waals surface area contributed by atoms with Crippen LogP contribution in [0.3, 0.4) is 0 Å². The maximum atomic E-state index is 12.1. The minimum absolute atomic E-state index is 0.121. The first-order valence-electron chi connectivity index (χ1n) is 7.47. The van der Waals surface area contributed by atoms with Gasteiger partial charge in [-0.25, -0.2) is 9.97 Å². The monoisotopic (exact) mass is 307 g/mol. The van der Waals surface area contributed by atoms with Crippen LogP contribution in [0.15, 0.2) is 12.4 Å². The predicted molar refractivity (Wildman–Crippen MR) is 85.6 cm³/mol. The van der Waals surface area contributed by atoms with Gasteiger partial charge < -0.3 is 16.0 Å². The lowest BCUT2D eigenvalue weighted by atomic mass is 9.96. The highest BCUT2D eigenvalue weighted by Crippen LogP contribution is 2.17. The normalized spacial score (nSPS) is 11.1. The molecule has 0 bridgehead atoms. The maximum Gasteiger partial charge on any atom is 0.273 e. The molecule has 1 aromatic rings. The molecule has 7 nitrogen and oxygen atoms in total. The van der Waals surface area contributed by atoms with E-state index in [2.05, 4.69) is 32.8 Å². The number of nitrogens with zero attached hydrogens (tertiary/aromatic N) is 2. The van der Waals surface area contributed by atoms with Crippen molar-refractivity contribution >= 4 is 17.6 Å². The second-order valence-electron chi connectivity index (χ2n) is 5.96. The van der Waals surface area contributed by atoms with E-state index in [1.54, 1.807) is 20.8 Å². The Labute approximate surface area is 131 Å². The molecule has 0 radical (unpaired) electrons. The van der Waals surface area contributed by atoms with Crippen LogP contribution in [0.5, 0.6) is 0 Å². The Morgan fingerprint density at radius 2 is 1.77 bits per heavy atom. The van der Waals surface area contributed by atoms with Crippen molar-refractivity contribution in [2.24, 2.45) is 5.41 Å². The van der Waals surface area contributed by atoms with Crippen LogP contribution in [0.1, 0.15) is 44.6 Å². The SMILES string of the molecule is CCCNCCNC(=O)c1nccnc1NC(=O)C(C)(C)C. The van der Waals surface area contributed by atoms with Gasteiger partial charge in [0, 0.05) is 30.9 Å². The zero-order valence-corrected chi connectivity index (χ0v) is 13.7. The quantitative estimate of drug-likeness (QED) is 0.658. The molecule has 0 aliphatic carbocycles. The average molecular weight is 307 g/mol. The maximum absolute atomic E-state index is 12.1. The number of nitrogens with one attached hydrogen (secondary N) is 3. The Hall–Kier alpha value is -2.02. The molecule has 1 heterocycles. The van der Waals surface area contributed by atoms with E-state index >= 15 is 0 Å². The summed E-state index contributed by atoms with van der Waals surface area (Å²) < 4.78 is 0. The molecule has 0 aromatic carbocycles. The molecule has 0 aliphatic heterocycles. The fourth-order valence-electron chi connectivity index (χ4n) is 1.54. The molecule has 3 N–H and O–H groups in total. The molecular weight excluding hydrogens is 282 g/mol. The molecule has 0 fully saturated rings. The lowest BCUT2D eigenvalue weighted by molar-refractivity contribution is -0.123. The first-order chi connectivity index (χ1) is 10.4. The predicted octanol–water partition coefficient (Wildman–Crippen LogP) is 1.19. The van der Waals surface area contributed by atoms with E-state index in [4.69, 9.17) is 0 Å². The first kappa shape index (κ1) is 18.0. The highest BCUT2D eigenvalue weighted by Gasteiger charge is 2.24. The molecule has 0 saturated heterocycles. The van der Waals surface area contributed by atoms with Gasteiger partial charge in [0.25, 0.3) is 5.91 Å². The Morgan fingerprint density at radius 3 is 2.41 bits per heavy atom. The van der Waals surface area contributed by atoms with Crippen LogP contribution in [-0.2, 0) is 4.79 Å². The number of anilines is 1. The van der Waals surface area contributed by atoms with Gasteiger partial charge in [-0.2, -0.15) is 0 Å². The summed E-state index contributed by atoms with van der Waals surface area (Å²) in [5.41, 5.74) is -0.453. The Kier molecular flexibility index (Phi) is 6.91. The lowest BCUT2D eigenvalue weighted by Crippen LogP contribution is -2.34. The van der Waals surface area contributed by atoms with Crippen LogP contribution < -0.4 is 16.0 Å². The van der Waals surface area contributed by atoms with Gasteiger partial charge >= 0.3 is 0 Å². The Balaban J connectivity index is 2.67. The van der Waals surface area contributed by atoms with Gasteiger partial charge in [-0.15, -0.1) is 0 Å². The van der Waals surface area contributed by atoms with Crippen molar-refractivity contribution in [2.75, 3.05) is 25.0 Å². The van der Waals surface area contributed by atoms with Crippen molar-refractivity contribution < 1.29 is 9.59 Å². The summed E-state index contributed by atoms with van der Waals surface area (Å²) >= 11 is 0. The minimum atomic E-state index is -0.574. The summed E-state index contributed by atoms with van der Waals surface area (Å²) in [5, 5.41) is 8.60. The van der Waals surface area contributed by atoms with E-state index in [-0.39, 0.29) is 23.3 Å². The van der Waals surface area contributed by atoms with Gasteiger partial charge in [-0.1, -0.05) is 27.7 Å². The molecule has 0 aliphatic rings. The van der Waals surface area contributed by atoms with Crippen molar-refractivity contribution in [1.29, 1.82) is 0 Å². The first-order valence-corrected chi connectivity index (χ1v) is 7.47. The fraction of sp³-hybridized carbons (Fsp3) is 0.600. The van der Waals surface area contributed by atoms with Crippen LogP contribution in [-0.4, -0.2) is 41.4 Å². The molecule has 1 rings (SSSR count). The molecule has 22 heavy (non-hydrogen) atoms. The van der Waals surface area contributed by atoms with Crippen LogP contribution in [0.25, 0.3) is 0 Å². The molecule has 0 spiro atoms. The summed E-state index contributed by atoms with van der Waals surface area (Å²) in [7, 11) is 0. The van der Waals surface area contributed by atoms with Crippen LogP contribution in [0, 0.1) is 5.41 Å². The van der Waals surface area contributed by atoms with Crippen LogP contribution in [0.4, 0.5) is 5.82 Å². The summed E-state index contributed by atoms with van der Waals surface area (Å²) in [6.45, 7) is 9.53. The molecular formula is C15H25N5O2. The van der Waals surface area contributed by atoms with Crippen molar-refractivity contribution in [3.63, 3.8) is 0 Å². The van der Waals surface area contributed by atoms with E-state index < -0.39 is 5.41 Å². The minimum Gasteiger partial charge on any atom is -0.349 e. The highest BCUT2D eigenvalue weighted by molar-refractivity contribution is 6.02. The van der Waals surface area contributed by atoms with Crippen molar-refractivity contribution in [3.8, 4) is 0 Å². The molecule has 2 amide bonds. The highest BCUT2D eigenvalue weighted by atomic mass is 16.2. The molecule has 0 atom stereocenters. The van der Waals surface area contributed by atoms with E-state index in [1.807, 2.05) is 0 Å². The zero-order valence-electron chi connectivity index (χ0n) is 13.7. The second-order valence-corrected chi connectivity index (χ2v) is 5.96. The average Bonchev–Trinajstić information content (AvgIpc) is 2.46. The lowest BCUT2D eigenvalue weighted by Gasteiger charge is -2.18. The van der Waals surface area contributed by atoms with Crippen molar-refractivity contribution in [3.05, 3.63) is 18.1 Å². The summed E-state index contributed by atoms with van der Waals surface area (Å²) in [6, 6.07) is 0. The fourth-order valence-corrected chi connectivity index (χ4v) is 1.54. The number of aromatic nitrogens is 2. The third kappa shape index (κ3) is 5.77. The van der Waals surface area contributed by atoms with Gasteiger partial charge in [0.1, 0.15) is 0 Å². The third-order valence-electron chi connectivity index (χ3n) is 2.84. The van der Waals surface area contributed by atoms with Crippen molar-refractivity contribution in [1.82, 2.24) is 20.6 Å². The number of carbonyl (C=O) groups is 2.